The molecule has 0 unspecified atom stereocenters. The van der Waals surface area contributed by atoms with Crippen molar-refractivity contribution in [3.63, 3.8) is 0 Å². The lowest BCUT2D eigenvalue weighted by Crippen LogP contribution is -2.02. The molecule has 0 amide bonds. The molecule has 0 fully saturated rings. The predicted molar refractivity (Wildman–Crippen MR) is 58.6 cm³/mol. The highest BCUT2D eigenvalue weighted by atomic mass is 15.2. The fraction of sp³-hybridized carbons (Fsp3) is 0.727. The molecule has 0 aromatic carbocycles. The summed E-state index contributed by atoms with van der Waals surface area (Å²) in [5.41, 5.74) is 2.80. The standard InChI is InChI=1S/C11H19N3/c1-2-8-12-11-9-6-4-3-5-7-10(9)13-14-11/h2-8H2,1H3,(H2,12,13,14). The van der Waals surface area contributed by atoms with Gasteiger partial charge in [0, 0.05) is 17.8 Å². The third-order valence-corrected chi connectivity index (χ3v) is 2.85. The Morgan fingerprint density at radius 3 is 3.00 bits per heavy atom. The van der Waals surface area contributed by atoms with Crippen LogP contribution < -0.4 is 5.32 Å². The van der Waals surface area contributed by atoms with Crippen LogP contribution in [-0.2, 0) is 12.8 Å². The van der Waals surface area contributed by atoms with Crippen LogP contribution >= 0.6 is 0 Å². The van der Waals surface area contributed by atoms with Crippen molar-refractivity contribution in [3.05, 3.63) is 11.3 Å². The van der Waals surface area contributed by atoms with Crippen LogP contribution in [0, 0.1) is 0 Å². The highest BCUT2D eigenvalue weighted by Gasteiger charge is 2.14. The van der Waals surface area contributed by atoms with Crippen LogP contribution in [0.3, 0.4) is 0 Å². The molecule has 0 saturated heterocycles. The lowest BCUT2D eigenvalue weighted by molar-refractivity contribution is 0.702. The third kappa shape index (κ3) is 1.91. The van der Waals surface area contributed by atoms with Gasteiger partial charge >= 0.3 is 0 Å². The summed E-state index contributed by atoms with van der Waals surface area (Å²) in [6.07, 6.45) is 7.50. The quantitative estimate of drug-likeness (QED) is 0.724. The summed E-state index contributed by atoms with van der Waals surface area (Å²) in [7, 11) is 0. The monoisotopic (exact) mass is 193 g/mol. The molecule has 78 valence electrons. The molecular formula is C11H19N3. The Hall–Kier alpha value is -0.990. The number of aryl methyl sites for hydroxylation is 1. The van der Waals surface area contributed by atoms with E-state index in [1.807, 2.05) is 0 Å². The minimum absolute atomic E-state index is 1.03. The van der Waals surface area contributed by atoms with E-state index in [4.69, 9.17) is 0 Å². The van der Waals surface area contributed by atoms with Crippen LogP contribution in [0.5, 0.6) is 0 Å². The van der Waals surface area contributed by atoms with Gasteiger partial charge in [-0.2, -0.15) is 5.10 Å². The molecule has 1 aliphatic carbocycles. The number of fused-ring (bicyclic) bond motifs is 1. The minimum atomic E-state index is 1.03. The van der Waals surface area contributed by atoms with Gasteiger partial charge in [-0.3, -0.25) is 5.10 Å². The van der Waals surface area contributed by atoms with Crippen molar-refractivity contribution in [2.24, 2.45) is 0 Å². The fourth-order valence-corrected chi connectivity index (χ4v) is 2.05. The normalized spacial score (nSPS) is 16.1. The van der Waals surface area contributed by atoms with E-state index in [1.165, 1.54) is 43.4 Å². The van der Waals surface area contributed by atoms with E-state index in [2.05, 4.69) is 22.4 Å². The van der Waals surface area contributed by atoms with Crippen molar-refractivity contribution < 1.29 is 0 Å². The van der Waals surface area contributed by atoms with Crippen molar-refractivity contribution in [2.45, 2.75) is 45.4 Å². The van der Waals surface area contributed by atoms with Gasteiger partial charge in [0.1, 0.15) is 0 Å². The molecule has 0 atom stereocenters. The van der Waals surface area contributed by atoms with Crippen molar-refractivity contribution in [1.29, 1.82) is 0 Å². The summed E-state index contributed by atoms with van der Waals surface area (Å²) in [6, 6.07) is 0. The van der Waals surface area contributed by atoms with Gasteiger partial charge in [0.15, 0.2) is 5.82 Å². The smallest absolute Gasteiger partial charge is 0.151 e. The number of aromatic amines is 1. The van der Waals surface area contributed by atoms with E-state index < -0.39 is 0 Å². The molecule has 1 aromatic rings. The molecule has 3 nitrogen and oxygen atoms in total. The van der Waals surface area contributed by atoms with Gasteiger partial charge in [-0.05, 0) is 32.1 Å². The summed E-state index contributed by atoms with van der Waals surface area (Å²) in [4.78, 5) is 0. The zero-order valence-corrected chi connectivity index (χ0v) is 8.90. The number of H-pyrrole nitrogens is 1. The van der Waals surface area contributed by atoms with Crippen LogP contribution in [0.2, 0.25) is 0 Å². The molecule has 0 bridgehead atoms. The first-order chi connectivity index (χ1) is 6.92. The first-order valence-electron chi connectivity index (χ1n) is 5.71. The van der Waals surface area contributed by atoms with E-state index in [1.54, 1.807) is 0 Å². The Morgan fingerprint density at radius 2 is 2.14 bits per heavy atom. The van der Waals surface area contributed by atoms with Crippen molar-refractivity contribution >= 4 is 5.82 Å². The number of anilines is 1. The number of hydrogen-bond acceptors (Lipinski definition) is 2. The second-order valence-corrected chi connectivity index (χ2v) is 4.02. The lowest BCUT2D eigenvalue weighted by Gasteiger charge is -2.03. The Morgan fingerprint density at radius 1 is 1.29 bits per heavy atom. The molecule has 2 rings (SSSR count). The molecule has 0 saturated carbocycles. The maximum absolute atomic E-state index is 4.34. The second kappa shape index (κ2) is 4.49. The Labute approximate surface area is 85.3 Å². The van der Waals surface area contributed by atoms with Crippen LogP contribution in [0.1, 0.15) is 43.9 Å². The highest BCUT2D eigenvalue weighted by Crippen LogP contribution is 2.24. The topological polar surface area (TPSA) is 40.7 Å². The molecule has 0 spiro atoms. The summed E-state index contributed by atoms with van der Waals surface area (Å²) in [5, 5.41) is 10.9. The SMILES string of the molecule is CCCNc1n[nH]c2c1CCCCC2. The fourth-order valence-electron chi connectivity index (χ4n) is 2.05. The van der Waals surface area contributed by atoms with Gasteiger partial charge < -0.3 is 5.32 Å². The van der Waals surface area contributed by atoms with Gasteiger partial charge in [0.05, 0.1) is 0 Å². The van der Waals surface area contributed by atoms with Crippen molar-refractivity contribution in [2.75, 3.05) is 11.9 Å². The van der Waals surface area contributed by atoms with Crippen molar-refractivity contribution in [1.82, 2.24) is 10.2 Å². The Kier molecular flexibility index (Phi) is 3.07. The second-order valence-electron chi connectivity index (χ2n) is 4.02. The summed E-state index contributed by atoms with van der Waals surface area (Å²) in [6.45, 7) is 3.20. The number of rotatable bonds is 3. The van der Waals surface area contributed by atoms with Gasteiger partial charge in [-0.15, -0.1) is 0 Å². The molecule has 1 aliphatic rings. The van der Waals surface area contributed by atoms with E-state index in [0.717, 1.165) is 18.8 Å². The first kappa shape index (κ1) is 9.56. The molecule has 2 N–H and O–H groups in total. The molecule has 1 heterocycles. The van der Waals surface area contributed by atoms with Gasteiger partial charge in [-0.1, -0.05) is 13.3 Å². The number of hydrogen-bond donors (Lipinski definition) is 2. The summed E-state index contributed by atoms with van der Waals surface area (Å²) < 4.78 is 0. The van der Waals surface area contributed by atoms with Crippen LogP contribution in [0.4, 0.5) is 5.82 Å². The number of nitrogens with one attached hydrogen (secondary N) is 2. The van der Waals surface area contributed by atoms with E-state index in [9.17, 15) is 0 Å². The molecule has 3 heteroatoms. The maximum atomic E-state index is 4.34. The van der Waals surface area contributed by atoms with E-state index >= 15 is 0 Å². The maximum Gasteiger partial charge on any atom is 0.151 e. The van der Waals surface area contributed by atoms with Crippen LogP contribution in [0.25, 0.3) is 0 Å². The Balaban J connectivity index is 2.12. The number of nitrogens with zero attached hydrogens (tertiary/aromatic N) is 1. The largest absolute Gasteiger partial charge is 0.368 e. The zero-order valence-electron chi connectivity index (χ0n) is 8.90. The Bertz CT molecular complexity index is 291. The molecule has 14 heavy (non-hydrogen) atoms. The van der Waals surface area contributed by atoms with Crippen molar-refractivity contribution in [3.8, 4) is 0 Å². The average Bonchev–Trinajstić information content (AvgIpc) is 2.45. The molecule has 1 aromatic heterocycles. The first-order valence-corrected chi connectivity index (χ1v) is 5.71. The molecule has 0 aliphatic heterocycles. The van der Waals surface area contributed by atoms with Gasteiger partial charge in [-0.25, -0.2) is 0 Å². The highest BCUT2D eigenvalue weighted by molar-refractivity contribution is 5.47. The zero-order chi connectivity index (χ0) is 9.80. The molecule has 0 radical (unpaired) electrons. The summed E-state index contributed by atoms with van der Waals surface area (Å²) >= 11 is 0. The number of aromatic nitrogens is 2. The van der Waals surface area contributed by atoms with Crippen LogP contribution in [0.15, 0.2) is 0 Å². The predicted octanol–water partition coefficient (Wildman–Crippen LogP) is 2.50. The minimum Gasteiger partial charge on any atom is -0.368 e. The lowest BCUT2D eigenvalue weighted by atomic mass is 10.1. The third-order valence-electron chi connectivity index (χ3n) is 2.85. The van der Waals surface area contributed by atoms with Gasteiger partial charge in [0.25, 0.3) is 0 Å². The van der Waals surface area contributed by atoms with E-state index in [0.29, 0.717) is 0 Å². The molecular weight excluding hydrogens is 174 g/mol. The van der Waals surface area contributed by atoms with Crippen LogP contribution in [-0.4, -0.2) is 16.7 Å². The van der Waals surface area contributed by atoms with Gasteiger partial charge in [0.2, 0.25) is 0 Å². The average molecular weight is 193 g/mol. The summed E-state index contributed by atoms with van der Waals surface area (Å²) in [5.74, 6) is 1.10. The van der Waals surface area contributed by atoms with E-state index in [-0.39, 0.29) is 0 Å².